The highest BCUT2D eigenvalue weighted by molar-refractivity contribution is 7.89. The Hall–Kier alpha value is -2.46. The first kappa shape index (κ1) is 18.3. The van der Waals surface area contributed by atoms with Gasteiger partial charge in [-0.05, 0) is 36.8 Å². The third-order valence-corrected chi connectivity index (χ3v) is 5.17. The molecule has 0 amide bonds. The second-order valence-corrected chi connectivity index (χ2v) is 7.13. The predicted molar refractivity (Wildman–Crippen MR) is 84.4 cm³/mol. The zero-order valence-electron chi connectivity index (χ0n) is 13.4. The second kappa shape index (κ2) is 6.69. The molecule has 0 aliphatic carbocycles. The van der Waals surface area contributed by atoms with E-state index in [-0.39, 0.29) is 6.79 Å². The summed E-state index contributed by atoms with van der Waals surface area (Å²) in [5.41, 5.74) is 0.562. The smallest absolute Gasteiger partial charge is 0.454 e. The van der Waals surface area contributed by atoms with Gasteiger partial charge in [0.25, 0.3) is 0 Å². The Morgan fingerprint density at radius 3 is 2.54 bits per heavy atom. The number of alkyl halides is 3. The van der Waals surface area contributed by atoms with Gasteiger partial charge < -0.3 is 14.2 Å². The predicted octanol–water partition coefficient (Wildman–Crippen LogP) is 3.35. The van der Waals surface area contributed by atoms with Crippen molar-refractivity contribution in [2.75, 3.05) is 6.79 Å². The van der Waals surface area contributed by atoms with Gasteiger partial charge in [-0.1, -0.05) is 18.2 Å². The van der Waals surface area contributed by atoms with Crippen LogP contribution in [0, 0.1) is 0 Å². The fraction of sp³-hybridized carbons (Fsp3) is 0.250. The lowest BCUT2D eigenvalue weighted by molar-refractivity contribution is -0.275. The zero-order valence-corrected chi connectivity index (χ0v) is 14.2. The Labute approximate surface area is 147 Å². The molecule has 6 nitrogen and oxygen atoms in total. The van der Waals surface area contributed by atoms with Crippen LogP contribution in [0.5, 0.6) is 17.2 Å². The molecule has 0 fully saturated rings. The van der Waals surface area contributed by atoms with Gasteiger partial charge in [-0.3, -0.25) is 0 Å². The number of hydrogen-bond acceptors (Lipinski definition) is 5. The van der Waals surface area contributed by atoms with Crippen molar-refractivity contribution >= 4 is 10.0 Å². The maximum absolute atomic E-state index is 12.5. The first-order valence-electron chi connectivity index (χ1n) is 7.42. The van der Waals surface area contributed by atoms with Crippen LogP contribution in [0.4, 0.5) is 13.2 Å². The molecular formula is C16H14F3NO5S. The number of sulfonamides is 1. The number of halogens is 3. The van der Waals surface area contributed by atoms with Crippen molar-refractivity contribution in [2.45, 2.75) is 24.2 Å². The van der Waals surface area contributed by atoms with E-state index >= 15 is 0 Å². The number of benzene rings is 2. The quantitative estimate of drug-likeness (QED) is 0.849. The maximum atomic E-state index is 12.5. The van der Waals surface area contributed by atoms with Gasteiger partial charge >= 0.3 is 6.36 Å². The van der Waals surface area contributed by atoms with Crippen molar-refractivity contribution in [3.8, 4) is 17.2 Å². The van der Waals surface area contributed by atoms with Crippen molar-refractivity contribution in [3.05, 3.63) is 48.0 Å². The highest BCUT2D eigenvalue weighted by Gasteiger charge is 2.34. The van der Waals surface area contributed by atoms with E-state index in [1.54, 1.807) is 25.1 Å². The summed E-state index contributed by atoms with van der Waals surface area (Å²) in [5, 5.41) is 0. The highest BCUT2D eigenvalue weighted by Crippen LogP contribution is 2.35. The molecule has 0 aromatic heterocycles. The summed E-state index contributed by atoms with van der Waals surface area (Å²) in [6.45, 7) is 1.63. The molecule has 140 valence electrons. The van der Waals surface area contributed by atoms with Gasteiger partial charge in [-0.25, -0.2) is 13.1 Å². The molecule has 1 aliphatic rings. The molecule has 2 aromatic rings. The molecule has 0 spiro atoms. The Kier molecular flexibility index (Phi) is 4.72. The summed E-state index contributed by atoms with van der Waals surface area (Å²) in [4.78, 5) is -0.607. The van der Waals surface area contributed by atoms with Crippen LogP contribution in [0.25, 0.3) is 0 Å². The summed E-state index contributed by atoms with van der Waals surface area (Å²) in [7, 11) is -4.27. The third-order valence-electron chi connectivity index (χ3n) is 3.59. The molecule has 1 aliphatic heterocycles. The Morgan fingerprint density at radius 1 is 1.12 bits per heavy atom. The van der Waals surface area contributed by atoms with Gasteiger partial charge in [-0.15, -0.1) is 13.2 Å². The number of hydrogen-bond donors (Lipinski definition) is 1. The topological polar surface area (TPSA) is 73.9 Å². The van der Waals surface area contributed by atoms with Crippen LogP contribution in [-0.4, -0.2) is 21.6 Å². The van der Waals surface area contributed by atoms with Crippen LogP contribution < -0.4 is 18.9 Å². The Bertz CT molecular complexity index is 914. The van der Waals surface area contributed by atoms with E-state index in [1.807, 2.05) is 0 Å². The minimum Gasteiger partial charge on any atom is -0.454 e. The van der Waals surface area contributed by atoms with Crippen LogP contribution in [0.2, 0.25) is 0 Å². The molecule has 1 N–H and O–H groups in total. The van der Waals surface area contributed by atoms with E-state index in [2.05, 4.69) is 9.46 Å². The molecule has 0 radical (unpaired) electrons. The SMILES string of the molecule is C[C@@H](NS(=O)(=O)c1ccccc1OC(F)(F)F)c1ccc2c(c1)OCO2. The first-order valence-corrected chi connectivity index (χ1v) is 8.91. The lowest BCUT2D eigenvalue weighted by Gasteiger charge is -2.17. The van der Waals surface area contributed by atoms with Gasteiger partial charge in [0.15, 0.2) is 11.5 Å². The van der Waals surface area contributed by atoms with Crippen LogP contribution >= 0.6 is 0 Å². The van der Waals surface area contributed by atoms with Gasteiger partial charge in [0, 0.05) is 6.04 Å². The van der Waals surface area contributed by atoms with Gasteiger partial charge in [0.2, 0.25) is 16.8 Å². The molecular weight excluding hydrogens is 375 g/mol. The summed E-state index contributed by atoms with van der Waals surface area (Å²) >= 11 is 0. The summed E-state index contributed by atoms with van der Waals surface area (Å²) in [6.07, 6.45) is -5.01. The molecule has 10 heteroatoms. The molecule has 0 bridgehead atoms. The average molecular weight is 389 g/mol. The molecule has 2 aromatic carbocycles. The van der Waals surface area contributed by atoms with Crippen LogP contribution in [0.3, 0.4) is 0 Å². The average Bonchev–Trinajstić information content (AvgIpc) is 3.00. The number of nitrogens with one attached hydrogen (secondary N) is 1. The van der Waals surface area contributed by atoms with Crippen LogP contribution in [0.1, 0.15) is 18.5 Å². The third kappa shape index (κ3) is 4.02. The van der Waals surface area contributed by atoms with E-state index in [0.29, 0.717) is 17.1 Å². The van der Waals surface area contributed by atoms with E-state index in [9.17, 15) is 21.6 Å². The van der Waals surface area contributed by atoms with Crippen molar-refractivity contribution in [3.63, 3.8) is 0 Å². The number of para-hydroxylation sites is 1. The van der Waals surface area contributed by atoms with Crippen LogP contribution in [0.15, 0.2) is 47.4 Å². The normalized spacial score (nSPS) is 14.9. The van der Waals surface area contributed by atoms with E-state index in [4.69, 9.17) is 9.47 Å². The van der Waals surface area contributed by atoms with E-state index in [0.717, 1.165) is 12.1 Å². The van der Waals surface area contributed by atoms with Crippen molar-refractivity contribution in [2.24, 2.45) is 0 Å². The molecule has 0 saturated carbocycles. The molecule has 3 rings (SSSR count). The lowest BCUT2D eigenvalue weighted by Crippen LogP contribution is -2.28. The lowest BCUT2D eigenvalue weighted by atomic mass is 10.1. The monoisotopic (exact) mass is 389 g/mol. The fourth-order valence-corrected chi connectivity index (χ4v) is 3.79. The molecule has 1 heterocycles. The first-order chi connectivity index (χ1) is 12.2. The van der Waals surface area contributed by atoms with Crippen molar-refractivity contribution in [1.82, 2.24) is 4.72 Å². The molecule has 1 atom stereocenters. The van der Waals surface area contributed by atoms with Crippen LogP contribution in [-0.2, 0) is 10.0 Å². The van der Waals surface area contributed by atoms with E-state index in [1.165, 1.54) is 12.1 Å². The van der Waals surface area contributed by atoms with Crippen molar-refractivity contribution in [1.29, 1.82) is 0 Å². The van der Waals surface area contributed by atoms with E-state index < -0.39 is 33.1 Å². The molecule has 0 saturated heterocycles. The Morgan fingerprint density at radius 2 is 1.81 bits per heavy atom. The van der Waals surface area contributed by atoms with Gasteiger partial charge in [-0.2, -0.15) is 0 Å². The van der Waals surface area contributed by atoms with Crippen molar-refractivity contribution < 1.29 is 35.8 Å². The Balaban J connectivity index is 1.85. The maximum Gasteiger partial charge on any atom is 0.573 e. The molecule has 0 unspecified atom stereocenters. The number of rotatable bonds is 5. The largest absolute Gasteiger partial charge is 0.573 e. The number of fused-ring (bicyclic) bond motifs is 1. The summed E-state index contributed by atoms with van der Waals surface area (Å²) < 4.78 is 79.1. The second-order valence-electron chi connectivity index (χ2n) is 5.45. The summed E-state index contributed by atoms with van der Waals surface area (Å²) in [5.74, 6) is 0.201. The minimum atomic E-state index is -5.01. The summed E-state index contributed by atoms with van der Waals surface area (Å²) in [6, 6.07) is 8.68. The number of ether oxygens (including phenoxy) is 3. The molecule has 26 heavy (non-hydrogen) atoms. The van der Waals surface area contributed by atoms with Gasteiger partial charge in [0.1, 0.15) is 10.6 Å². The standard InChI is InChI=1S/C16H14F3NO5S/c1-10(11-6-7-12-14(8-11)24-9-23-12)20-26(21,22)15-5-3-2-4-13(15)25-16(17,18)19/h2-8,10,20H,9H2,1H3/t10-/m1/s1. The highest BCUT2D eigenvalue weighted by atomic mass is 32.2. The van der Waals surface area contributed by atoms with Gasteiger partial charge in [0.05, 0.1) is 0 Å². The minimum absolute atomic E-state index is 0.0705. The fourth-order valence-electron chi connectivity index (χ4n) is 2.43. The zero-order chi connectivity index (χ0) is 18.9.